The summed E-state index contributed by atoms with van der Waals surface area (Å²) in [7, 11) is 0. The maximum atomic E-state index is 11.9. The van der Waals surface area contributed by atoms with Crippen LogP contribution >= 0.6 is 0 Å². The van der Waals surface area contributed by atoms with Crippen LogP contribution in [0.1, 0.15) is 19.3 Å². The standard InChI is InChI=1S/C7H8F3NO/c8-7(9,10)6(11-12)4-5-2-1-3-5/h4,12H,1-3H2. The quantitative estimate of drug-likeness (QED) is 0.374. The van der Waals surface area contributed by atoms with Crippen molar-refractivity contribution in [1.82, 2.24) is 0 Å². The molecule has 1 aliphatic rings. The third-order valence-electron chi connectivity index (χ3n) is 1.73. The third-order valence-corrected chi connectivity index (χ3v) is 1.73. The smallest absolute Gasteiger partial charge is 0.410 e. The van der Waals surface area contributed by atoms with Gasteiger partial charge in [-0.3, -0.25) is 0 Å². The van der Waals surface area contributed by atoms with Gasteiger partial charge in [0.25, 0.3) is 0 Å². The van der Waals surface area contributed by atoms with E-state index in [9.17, 15) is 13.2 Å². The van der Waals surface area contributed by atoms with Gasteiger partial charge in [-0.25, -0.2) is 0 Å². The molecule has 0 unspecified atom stereocenters. The first kappa shape index (κ1) is 9.09. The predicted octanol–water partition coefficient (Wildman–Crippen LogP) is 2.49. The van der Waals surface area contributed by atoms with Gasteiger partial charge < -0.3 is 5.21 Å². The van der Waals surface area contributed by atoms with Crippen LogP contribution in [-0.2, 0) is 0 Å². The zero-order chi connectivity index (χ0) is 9.19. The van der Waals surface area contributed by atoms with Crippen molar-refractivity contribution in [3.63, 3.8) is 0 Å². The van der Waals surface area contributed by atoms with Crippen molar-refractivity contribution >= 4 is 5.71 Å². The van der Waals surface area contributed by atoms with E-state index < -0.39 is 11.9 Å². The third kappa shape index (κ3) is 1.99. The van der Waals surface area contributed by atoms with E-state index in [2.05, 4.69) is 5.16 Å². The molecule has 0 aromatic rings. The average Bonchev–Trinajstić information content (AvgIpc) is 1.82. The molecule has 0 spiro atoms. The van der Waals surface area contributed by atoms with Gasteiger partial charge in [-0.1, -0.05) is 10.7 Å². The van der Waals surface area contributed by atoms with Crippen LogP contribution in [0.5, 0.6) is 0 Å². The van der Waals surface area contributed by atoms with Gasteiger partial charge in [0.05, 0.1) is 0 Å². The number of halogens is 3. The molecule has 1 aliphatic carbocycles. The Morgan fingerprint density at radius 1 is 1.42 bits per heavy atom. The van der Waals surface area contributed by atoms with Crippen LogP contribution in [0.3, 0.4) is 0 Å². The Morgan fingerprint density at radius 2 is 2.00 bits per heavy atom. The van der Waals surface area contributed by atoms with E-state index in [1.54, 1.807) is 0 Å². The SMILES string of the molecule is ON=C(C=C1CCC1)C(F)(F)F. The molecule has 0 aliphatic heterocycles. The number of nitrogens with zero attached hydrogens (tertiary/aromatic N) is 1. The molecule has 0 radical (unpaired) electrons. The summed E-state index contributed by atoms with van der Waals surface area (Å²) < 4.78 is 35.7. The molecule has 0 aromatic carbocycles. The highest BCUT2D eigenvalue weighted by Gasteiger charge is 2.35. The first-order valence-corrected chi connectivity index (χ1v) is 3.53. The lowest BCUT2D eigenvalue weighted by atomic mass is 9.91. The minimum Gasteiger partial charge on any atom is -0.410 e. The van der Waals surface area contributed by atoms with Gasteiger partial charge in [-0.2, -0.15) is 13.2 Å². The number of rotatable bonds is 1. The minimum atomic E-state index is -4.54. The Labute approximate surface area is 67.4 Å². The van der Waals surface area contributed by atoms with E-state index in [1.807, 2.05) is 0 Å². The summed E-state index contributed by atoms with van der Waals surface area (Å²) >= 11 is 0. The summed E-state index contributed by atoms with van der Waals surface area (Å²) in [5, 5.41) is 10.2. The summed E-state index contributed by atoms with van der Waals surface area (Å²) in [6.45, 7) is 0. The Kier molecular flexibility index (Phi) is 2.40. The van der Waals surface area contributed by atoms with Gasteiger partial charge in [-0.05, 0) is 25.3 Å². The Hall–Kier alpha value is -1.00. The van der Waals surface area contributed by atoms with Crippen molar-refractivity contribution in [2.24, 2.45) is 5.16 Å². The van der Waals surface area contributed by atoms with Crippen LogP contribution in [0.25, 0.3) is 0 Å². The van der Waals surface area contributed by atoms with Gasteiger partial charge in [0.2, 0.25) is 0 Å². The molecule has 1 rings (SSSR count). The number of hydrogen-bond donors (Lipinski definition) is 1. The largest absolute Gasteiger partial charge is 0.436 e. The lowest BCUT2D eigenvalue weighted by Crippen LogP contribution is -2.22. The lowest BCUT2D eigenvalue weighted by molar-refractivity contribution is -0.0598. The second-order valence-corrected chi connectivity index (χ2v) is 2.64. The van der Waals surface area contributed by atoms with E-state index >= 15 is 0 Å². The lowest BCUT2D eigenvalue weighted by Gasteiger charge is -2.16. The molecular formula is C7H8F3NO. The van der Waals surface area contributed by atoms with Crippen molar-refractivity contribution < 1.29 is 18.4 Å². The summed E-state index contributed by atoms with van der Waals surface area (Å²) in [5.74, 6) is 0. The van der Waals surface area contributed by atoms with Crippen LogP contribution in [0.15, 0.2) is 16.8 Å². The fourth-order valence-electron chi connectivity index (χ4n) is 0.886. The fraction of sp³-hybridized carbons (Fsp3) is 0.571. The molecule has 0 aromatic heterocycles. The molecule has 12 heavy (non-hydrogen) atoms. The highest BCUT2D eigenvalue weighted by Crippen LogP contribution is 2.27. The number of allylic oxidation sites excluding steroid dienone is 2. The Bertz CT molecular complexity index is 223. The van der Waals surface area contributed by atoms with Crippen molar-refractivity contribution in [2.45, 2.75) is 25.4 Å². The van der Waals surface area contributed by atoms with E-state index in [-0.39, 0.29) is 0 Å². The summed E-state index contributed by atoms with van der Waals surface area (Å²) in [4.78, 5) is 0. The molecular weight excluding hydrogens is 171 g/mol. The van der Waals surface area contributed by atoms with Gasteiger partial charge >= 0.3 is 6.18 Å². The number of oxime groups is 1. The first-order valence-electron chi connectivity index (χ1n) is 3.53. The molecule has 0 bridgehead atoms. The molecule has 5 heteroatoms. The molecule has 1 saturated carbocycles. The van der Waals surface area contributed by atoms with Crippen molar-refractivity contribution in [1.29, 1.82) is 0 Å². The number of hydrogen-bond acceptors (Lipinski definition) is 2. The van der Waals surface area contributed by atoms with Crippen LogP contribution in [-0.4, -0.2) is 17.1 Å². The molecule has 68 valence electrons. The summed E-state index contributed by atoms with van der Waals surface area (Å²) in [6.07, 6.45) is -1.37. The monoisotopic (exact) mass is 179 g/mol. The van der Waals surface area contributed by atoms with E-state index in [4.69, 9.17) is 5.21 Å². The second kappa shape index (κ2) is 3.16. The average molecular weight is 179 g/mol. The highest BCUT2D eigenvalue weighted by atomic mass is 19.4. The van der Waals surface area contributed by atoms with Gasteiger partial charge in [0.1, 0.15) is 0 Å². The Balaban J connectivity index is 2.70. The second-order valence-electron chi connectivity index (χ2n) is 2.64. The zero-order valence-corrected chi connectivity index (χ0v) is 6.23. The highest BCUT2D eigenvalue weighted by molar-refractivity contribution is 5.99. The minimum absolute atomic E-state index is 0.676. The van der Waals surface area contributed by atoms with E-state index in [0.717, 1.165) is 12.5 Å². The zero-order valence-electron chi connectivity index (χ0n) is 6.23. The van der Waals surface area contributed by atoms with Crippen molar-refractivity contribution in [2.75, 3.05) is 0 Å². The summed E-state index contributed by atoms with van der Waals surface area (Å²) in [5.41, 5.74) is -0.516. The number of alkyl halides is 3. The molecule has 2 nitrogen and oxygen atoms in total. The molecule has 0 amide bonds. The van der Waals surface area contributed by atoms with Crippen molar-refractivity contribution in [3.05, 3.63) is 11.6 Å². The Morgan fingerprint density at radius 3 is 2.25 bits per heavy atom. The molecule has 0 saturated heterocycles. The van der Waals surface area contributed by atoms with Crippen molar-refractivity contribution in [3.8, 4) is 0 Å². The summed E-state index contributed by atoms with van der Waals surface area (Å²) in [6, 6.07) is 0. The van der Waals surface area contributed by atoms with Crippen LogP contribution in [0, 0.1) is 0 Å². The molecule has 1 N–H and O–H groups in total. The fourth-order valence-corrected chi connectivity index (χ4v) is 0.886. The van der Waals surface area contributed by atoms with Gasteiger partial charge in [-0.15, -0.1) is 0 Å². The molecule has 0 atom stereocenters. The van der Waals surface area contributed by atoms with Gasteiger partial charge in [0.15, 0.2) is 5.71 Å². The van der Waals surface area contributed by atoms with Crippen LogP contribution in [0.2, 0.25) is 0 Å². The normalized spacial score (nSPS) is 18.9. The van der Waals surface area contributed by atoms with Crippen LogP contribution in [0.4, 0.5) is 13.2 Å². The van der Waals surface area contributed by atoms with E-state index in [1.165, 1.54) is 0 Å². The topological polar surface area (TPSA) is 32.6 Å². The molecule has 1 fully saturated rings. The van der Waals surface area contributed by atoms with Gasteiger partial charge in [0, 0.05) is 0 Å². The maximum Gasteiger partial charge on any atom is 0.436 e. The van der Waals surface area contributed by atoms with E-state index in [0.29, 0.717) is 18.4 Å². The molecule has 0 heterocycles. The maximum absolute atomic E-state index is 11.9. The predicted molar refractivity (Wildman–Crippen MR) is 37.2 cm³/mol. The first-order chi connectivity index (χ1) is 5.54. The van der Waals surface area contributed by atoms with Crippen LogP contribution < -0.4 is 0 Å².